The summed E-state index contributed by atoms with van der Waals surface area (Å²) in [6.07, 6.45) is 0. The van der Waals surface area contributed by atoms with Crippen molar-refractivity contribution < 1.29 is 14.2 Å². The van der Waals surface area contributed by atoms with Crippen LogP contribution < -0.4 is 19.5 Å². The molecule has 1 aromatic carbocycles. The number of methoxy groups -OCH3 is 3. The van der Waals surface area contributed by atoms with Gasteiger partial charge in [0.15, 0.2) is 11.5 Å². The van der Waals surface area contributed by atoms with E-state index in [1.165, 1.54) is 0 Å². The molecule has 1 aliphatic heterocycles. The molecule has 20 heavy (non-hydrogen) atoms. The van der Waals surface area contributed by atoms with E-state index in [4.69, 9.17) is 14.2 Å². The zero-order valence-electron chi connectivity index (χ0n) is 12.7. The predicted molar refractivity (Wildman–Crippen MR) is 78.8 cm³/mol. The molecule has 1 fully saturated rings. The lowest BCUT2D eigenvalue weighted by molar-refractivity contribution is 0.143. The minimum absolute atomic E-state index is 0.609. The minimum atomic E-state index is 0.609. The summed E-state index contributed by atoms with van der Waals surface area (Å²) < 4.78 is 16.2. The maximum atomic E-state index is 5.49. The van der Waals surface area contributed by atoms with E-state index in [1.807, 2.05) is 12.1 Å². The van der Waals surface area contributed by atoms with Gasteiger partial charge >= 0.3 is 0 Å². The number of nitrogens with one attached hydrogen (secondary N) is 1. The van der Waals surface area contributed by atoms with Crippen LogP contribution in [0.4, 0.5) is 0 Å². The van der Waals surface area contributed by atoms with Gasteiger partial charge in [-0.05, 0) is 12.6 Å². The highest BCUT2D eigenvalue weighted by Crippen LogP contribution is 2.35. The van der Waals surface area contributed by atoms with Crippen LogP contribution in [0.1, 0.15) is 12.5 Å². The Morgan fingerprint density at radius 3 is 2.10 bits per heavy atom. The number of benzene rings is 1. The third kappa shape index (κ3) is 2.99. The molecule has 0 bridgehead atoms. The molecule has 2 rings (SSSR count). The van der Waals surface area contributed by atoms with Gasteiger partial charge in [-0.3, -0.25) is 4.90 Å². The minimum Gasteiger partial charge on any atom is -0.496 e. The van der Waals surface area contributed by atoms with Crippen molar-refractivity contribution in [2.24, 2.45) is 0 Å². The van der Waals surface area contributed by atoms with Crippen molar-refractivity contribution in [2.75, 3.05) is 41.0 Å². The lowest BCUT2D eigenvalue weighted by Crippen LogP contribution is -2.56. The summed E-state index contributed by atoms with van der Waals surface area (Å²) in [5.74, 6) is 2.28. The van der Waals surface area contributed by atoms with Gasteiger partial charge in [-0.2, -0.15) is 0 Å². The standard InChI is InChI=1S/C15H24N2O3/c1-5-17(12-8-16-9-12)10-11-6-14(19-3)15(20-4)7-13(11)18-2/h6-7,12,16H,5,8-10H2,1-4H3. The zero-order valence-corrected chi connectivity index (χ0v) is 12.7. The van der Waals surface area contributed by atoms with Crippen LogP contribution in [0.25, 0.3) is 0 Å². The molecule has 5 heteroatoms. The van der Waals surface area contributed by atoms with Crippen LogP contribution in [0.3, 0.4) is 0 Å². The molecule has 5 nitrogen and oxygen atoms in total. The van der Waals surface area contributed by atoms with Crippen LogP contribution in [0.2, 0.25) is 0 Å². The first-order chi connectivity index (χ1) is 9.73. The molecule has 0 aliphatic carbocycles. The van der Waals surface area contributed by atoms with Gasteiger partial charge in [0, 0.05) is 37.3 Å². The normalized spacial score (nSPS) is 15.1. The van der Waals surface area contributed by atoms with E-state index in [-0.39, 0.29) is 0 Å². The van der Waals surface area contributed by atoms with Crippen molar-refractivity contribution in [3.8, 4) is 17.2 Å². The van der Waals surface area contributed by atoms with E-state index in [0.717, 1.165) is 43.2 Å². The van der Waals surface area contributed by atoms with Gasteiger partial charge in [-0.25, -0.2) is 0 Å². The quantitative estimate of drug-likeness (QED) is 0.820. The topological polar surface area (TPSA) is 43.0 Å². The van der Waals surface area contributed by atoms with E-state index >= 15 is 0 Å². The lowest BCUT2D eigenvalue weighted by Gasteiger charge is -2.37. The second kappa shape index (κ2) is 6.81. The van der Waals surface area contributed by atoms with E-state index in [1.54, 1.807) is 21.3 Å². The van der Waals surface area contributed by atoms with Crippen molar-refractivity contribution in [3.63, 3.8) is 0 Å². The highest BCUT2D eigenvalue weighted by molar-refractivity contribution is 5.50. The van der Waals surface area contributed by atoms with Crippen molar-refractivity contribution in [1.29, 1.82) is 0 Å². The van der Waals surface area contributed by atoms with Gasteiger partial charge in [-0.15, -0.1) is 0 Å². The first-order valence-electron chi connectivity index (χ1n) is 6.97. The maximum absolute atomic E-state index is 5.49. The molecule has 112 valence electrons. The van der Waals surface area contributed by atoms with Gasteiger partial charge in [-0.1, -0.05) is 6.92 Å². The summed E-state index contributed by atoms with van der Waals surface area (Å²) in [7, 11) is 4.98. The molecular weight excluding hydrogens is 256 g/mol. The Morgan fingerprint density at radius 2 is 1.65 bits per heavy atom. The summed E-state index contributed by atoms with van der Waals surface area (Å²) in [6, 6.07) is 4.51. The molecule has 0 radical (unpaired) electrons. The summed E-state index contributed by atoms with van der Waals surface area (Å²) in [5.41, 5.74) is 1.12. The van der Waals surface area contributed by atoms with Crippen LogP contribution in [-0.4, -0.2) is 51.9 Å². The van der Waals surface area contributed by atoms with Gasteiger partial charge in [0.05, 0.1) is 21.3 Å². The van der Waals surface area contributed by atoms with Crippen molar-refractivity contribution in [1.82, 2.24) is 10.2 Å². The van der Waals surface area contributed by atoms with Gasteiger partial charge in [0.1, 0.15) is 5.75 Å². The van der Waals surface area contributed by atoms with Gasteiger partial charge in [0.25, 0.3) is 0 Å². The fourth-order valence-corrected chi connectivity index (χ4v) is 2.47. The largest absolute Gasteiger partial charge is 0.496 e. The highest BCUT2D eigenvalue weighted by atomic mass is 16.5. The zero-order chi connectivity index (χ0) is 14.5. The molecule has 1 saturated heterocycles. The summed E-state index contributed by atoms with van der Waals surface area (Å²) in [5, 5.41) is 3.31. The molecule has 0 aromatic heterocycles. The molecule has 0 spiro atoms. The van der Waals surface area contributed by atoms with Crippen LogP contribution in [-0.2, 0) is 6.54 Å². The summed E-state index contributed by atoms with van der Waals surface area (Å²) in [4.78, 5) is 2.44. The summed E-state index contributed by atoms with van der Waals surface area (Å²) >= 11 is 0. The molecule has 1 N–H and O–H groups in total. The van der Waals surface area contributed by atoms with Crippen molar-refractivity contribution in [3.05, 3.63) is 17.7 Å². The smallest absolute Gasteiger partial charge is 0.164 e. The first-order valence-corrected chi connectivity index (χ1v) is 6.97. The average molecular weight is 280 g/mol. The molecule has 1 aliphatic rings. The summed E-state index contributed by atoms with van der Waals surface area (Å²) in [6.45, 7) is 6.18. The number of rotatable bonds is 7. The Morgan fingerprint density at radius 1 is 1.05 bits per heavy atom. The number of hydrogen-bond acceptors (Lipinski definition) is 5. The molecule has 0 amide bonds. The first kappa shape index (κ1) is 14.9. The van der Waals surface area contributed by atoms with E-state index < -0.39 is 0 Å². The molecule has 1 heterocycles. The van der Waals surface area contributed by atoms with E-state index in [9.17, 15) is 0 Å². The number of nitrogens with zero attached hydrogens (tertiary/aromatic N) is 1. The highest BCUT2D eigenvalue weighted by Gasteiger charge is 2.24. The number of ether oxygens (including phenoxy) is 3. The van der Waals surface area contributed by atoms with E-state index in [0.29, 0.717) is 11.8 Å². The van der Waals surface area contributed by atoms with Gasteiger partial charge in [0.2, 0.25) is 0 Å². The SMILES string of the molecule is CCN(Cc1cc(OC)c(OC)cc1OC)C1CNC1. The Labute approximate surface area is 120 Å². The predicted octanol–water partition coefficient (Wildman–Crippen LogP) is 1.51. The third-order valence-corrected chi connectivity index (χ3v) is 3.84. The number of likely N-dealkylation sites (N-methyl/N-ethyl adjacent to an activating group) is 1. The van der Waals surface area contributed by atoms with Crippen LogP contribution in [0.15, 0.2) is 12.1 Å². The average Bonchev–Trinajstić information content (AvgIpc) is 2.43. The Balaban J connectivity index is 2.24. The third-order valence-electron chi connectivity index (χ3n) is 3.84. The van der Waals surface area contributed by atoms with Crippen molar-refractivity contribution >= 4 is 0 Å². The van der Waals surface area contributed by atoms with Crippen LogP contribution >= 0.6 is 0 Å². The van der Waals surface area contributed by atoms with Gasteiger partial charge < -0.3 is 19.5 Å². The Kier molecular flexibility index (Phi) is 5.09. The molecule has 0 saturated carbocycles. The molecule has 1 aromatic rings. The molecule has 0 atom stereocenters. The maximum Gasteiger partial charge on any atom is 0.164 e. The monoisotopic (exact) mass is 280 g/mol. The fraction of sp³-hybridized carbons (Fsp3) is 0.600. The fourth-order valence-electron chi connectivity index (χ4n) is 2.47. The number of hydrogen-bond donors (Lipinski definition) is 1. The second-order valence-corrected chi connectivity index (χ2v) is 4.89. The lowest BCUT2D eigenvalue weighted by atomic mass is 10.1. The van der Waals surface area contributed by atoms with Crippen molar-refractivity contribution in [2.45, 2.75) is 19.5 Å². The van der Waals surface area contributed by atoms with Crippen LogP contribution in [0, 0.1) is 0 Å². The molecular formula is C15H24N2O3. The Bertz CT molecular complexity index is 447. The molecule has 0 unspecified atom stereocenters. The Hall–Kier alpha value is -1.46. The van der Waals surface area contributed by atoms with Crippen LogP contribution in [0.5, 0.6) is 17.2 Å². The second-order valence-electron chi connectivity index (χ2n) is 4.89. The van der Waals surface area contributed by atoms with E-state index in [2.05, 4.69) is 17.1 Å².